The highest BCUT2D eigenvalue weighted by Gasteiger charge is 2.56. The Morgan fingerprint density at radius 2 is 1.78 bits per heavy atom. The second-order valence-electron chi connectivity index (χ2n) is 8.81. The average Bonchev–Trinajstić information content (AvgIpc) is 3.38. The summed E-state index contributed by atoms with van der Waals surface area (Å²) in [5.74, 6) is -1.20. The van der Waals surface area contributed by atoms with Gasteiger partial charge in [-0.15, -0.1) is 0 Å². The van der Waals surface area contributed by atoms with Crippen molar-refractivity contribution in [1.82, 2.24) is 15.3 Å². The molecule has 2 aromatic rings. The average molecular weight is 495 g/mol. The highest BCUT2D eigenvalue weighted by molar-refractivity contribution is 5.95. The first-order chi connectivity index (χ1) is 17.2. The van der Waals surface area contributed by atoms with E-state index in [-0.39, 0.29) is 23.8 Å². The fourth-order valence-electron chi connectivity index (χ4n) is 4.59. The van der Waals surface area contributed by atoms with Gasteiger partial charge in [0.15, 0.2) is 0 Å². The molecule has 0 aromatic heterocycles. The molecule has 1 N–H and O–H groups in total. The number of esters is 1. The molecule has 0 radical (unpaired) electrons. The summed E-state index contributed by atoms with van der Waals surface area (Å²) in [5, 5.41) is 16.8. The zero-order valence-corrected chi connectivity index (χ0v) is 20.0. The number of methoxy groups -OCH3 is 1. The van der Waals surface area contributed by atoms with Gasteiger partial charge in [-0.1, -0.05) is 56.3 Å². The van der Waals surface area contributed by atoms with E-state index in [1.807, 2.05) is 44.2 Å². The van der Waals surface area contributed by atoms with Crippen LogP contribution in [0.1, 0.15) is 31.0 Å². The van der Waals surface area contributed by atoms with Crippen LogP contribution in [0.5, 0.6) is 0 Å². The standard InChI is InChI=1S/C25H26N4O7/c1-15(2)21-20(26-25(32)36-14-16-7-5-4-6-8-16)23(30)27-13-19(24(31)35-3)22(28(21)27)17-9-11-18(12-10-17)29(33)34/h4-13,15,20-22H,14H2,1-3H3,(H,26,32)/t20-,21-,22+/m0/s1. The minimum Gasteiger partial charge on any atom is -0.466 e. The number of hydrazine groups is 1. The molecular formula is C25H26N4O7. The number of rotatable bonds is 7. The van der Waals surface area contributed by atoms with Crippen LogP contribution < -0.4 is 5.32 Å². The van der Waals surface area contributed by atoms with E-state index in [1.165, 1.54) is 30.5 Å². The van der Waals surface area contributed by atoms with Crippen LogP contribution >= 0.6 is 0 Å². The number of alkyl carbamates (subject to hydrolysis) is 1. The van der Waals surface area contributed by atoms with Gasteiger partial charge in [-0.05, 0) is 17.0 Å². The predicted molar refractivity (Wildman–Crippen MR) is 127 cm³/mol. The molecule has 2 amide bonds. The zero-order chi connectivity index (χ0) is 26.0. The van der Waals surface area contributed by atoms with E-state index in [0.717, 1.165) is 5.56 Å². The number of carbonyl (C=O) groups is 3. The number of hydrogen-bond donors (Lipinski definition) is 1. The first-order valence-electron chi connectivity index (χ1n) is 11.4. The molecule has 0 saturated carbocycles. The van der Waals surface area contributed by atoms with Crippen LogP contribution in [0.2, 0.25) is 0 Å². The van der Waals surface area contributed by atoms with Crippen LogP contribution in [0.25, 0.3) is 0 Å². The number of nitro groups is 1. The van der Waals surface area contributed by atoms with E-state index >= 15 is 0 Å². The second kappa shape index (κ2) is 10.2. The van der Waals surface area contributed by atoms with Gasteiger partial charge in [-0.3, -0.25) is 14.9 Å². The lowest BCUT2D eigenvalue weighted by atomic mass is 9.92. The molecule has 2 aliphatic rings. The van der Waals surface area contributed by atoms with Gasteiger partial charge in [0.1, 0.15) is 12.6 Å². The molecule has 188 valence electrons. The Hall–Kier alpha value is -4.25. The highest BCUT2D eigenvalue weighted by Crippen LogP contribution is 2.44. The zero-order valence-electron chi connectivity index (χ0n) is 20.0. The van der Waals surface area contributed by atoms with Gasteiger partial charge in [-0.25, -0.2) is 14.6 Å². The Morgan fingerprint density at radius 3 is 2.36 bits per heavy atom. The maximum atomic E-state index is 13.4. The number of nitrogens with zero attached hydrogens (tertiary/aromatic N) is 3. The molecule has 3 atom stereocenters. The molecule has 2 heterocycles. The summed E-state index contributed by atoms with van der Waals surface area (Å²) >= 11 is 0. The Morgan fingerprint density at radius 1 is 1.11 bits per heavy atom. The summed E-state index contributed by atoms with van der Waals surface area (Å²) in [6, 6.07) is 12.7. The number of hydrogen-bond acceptors (Lipinski definition) is 8. The summed E-state index contributed by atoms with van der Waals surface area (Å²) in [6.45, 7) is 3.84. The highest BCUT2D eigenvalue weighted by atomic mass is 16.6. The van der Waals surface area contributed by atoms with Gasteiger partial charge in [-0.2, -0.15) is 5.01 Å². The molecule has 0 aliphatic carbocycles. The summed E-state index contributed by atoms with van der Waals surface area (Å²) in [5.41, 5.74) is 1.47. The van der Waals surface area contributed by atoms with Crippen LogP contribution in [-0.4, -0.2) is 52.1 Å². The first-order valence-corrected chi connectivity index (χ1v) is 11.4. The predicted octanol–water partition coefficient (Wildman–Crippen LogP) is 3.09. The van der Waals surface area contributed by atoms with Crippen LogP contribution in [0.4, 0.5) is 10.5 Å². The maximum Gasteiger partial charge on any atom is 0.408 e. The number of nitro benzene ring substituents is 1. The molecule has 4 rings (SSSR count). The lowest BCUT2D eigenvalue weighted by Gasteiger charge is -2.34. The molecule has 11 heteroatoms. The number of fused-ring (bicyclic) bond motifs is 1. The Labute approximate surface area is 207 Å². The Balaban J connectivity index is 1.62. The van der Waals surface area contributed by atoms with Gasteiger partial charge >= 0.3 is 12.1 Å². The Kier molecular flexibility index (Phi) is 7.02. The number of ether oxygens (including phenoxy) is 2. The van der Waals surface area contributed by atoms with Crippen molar-refractivity contribution in [1.29, 1.82) is 0 Å². The van der Waals surface area contributed by atoms with Crippen molar-refractivity contribution in [3.05, 3.63) is 87.6 Å². The van der Waals surface area contributed by atoms with Crippen LogP contribution in [0.3, 0.4) is 0 Å². The van der Waals surface area contributed by atoms with E-state index in [1.54, 1.807) is 17.1 Å². The van der Waals surface area contributed by atoms with Crippen LogP contribution in [-0.2, 0) is 25.7 Å². The molecule has 1 fully saturated rings. The maximum absolute atomic E-state index is 13.4. The Bertz CT molecular complexity index is 1200. The van der Waals surface area contributed by atoms with E-state index in [9.17, 15) is 24.5 Å². The van der Waals surface area contributed by atoms with Gasteiger partial charge < -0.3 is 14.8 Å². The number of amides is 2. The van der Waals surface area contributed by atoms with Crippen molar-refractivity contribution >= 4 is 23.7 Å². The summed E-state index contributed by atoms with van der Waals surface area (Å²) in [6.07, 6.45) is 0.654. The fourth-order valence-corrected chi connectivity index (χ4v) is 4.59. The molecule has 0 spiro atoms. The molecule has 11 nitrogen and oxygen atoms in total. The fraction of sp³-hybridized carbons (Fsp3) is 0.320. The van der Waals surface area contributed by atoms with E-state index < -0.39 is 41.0 Å². The molecule has 0 unspecified atom stereocenters. The van der Waals surface area contributed by atoms with E-state index in [2.05, 4.69) is 5.32 Å². The number of carbonyl (C=O) groups excluding carboxylic acids is 3. The van der Waals surface area contributed by atoms with Crippen LogP contribution in [0, 0.1) is 16.0 Å². The van der Waals surface area contributed by atoms with Crippen molar-refractivity contribution in [2.75, 3.05) is 7.11 Å². The lowest BCUT2D eigenvalue weighted by Crippen LogP contribution is -2.50. The van der Waals surface area contributed by atoms with Crippen molar-refractivity contribution in [2.45, 2.75) is 38.6 Å². The summed E-state index contributed by atoms with van der Waals surface area (Å²) < 4.78 is 10.3. The largest absolute Gasteiger partial charge is 0.466 e. The lowest BCUT2D eigenvalue weighted by molar-refractivity contribution is -0.384. The van der Waals surface area contributed by atoms with Gasteiger partial charge in [0.2, 0.25) is 0 Å². The van der Waals surface area contributed by atoms with Crippen LogP contribution in [0.15, 0.2) is 66.4 Å². The van der Waals surface area contributed by atoms with Crippen molar-refractivity contribution in [3.8, 4) is 0 Å². The third kappa shape index (κ3) is 4.65. The summed E-state index contributed by atoms with van der Waals surface area (Å²) in [7, 11) is 1.24. The normalized spacial score (nSPS) is 21.2. The number of benzene rings is 2. The van der Waals surface area contributed by atoms with Crippen molar-refractivity contribution in [3.63, 3.8) is 0 Å². The van der Waals surface area contributed by atoms with Gasteiger partial charge in [0.05, 0.1) is 29.7 Å². The summed E-state index contributed by atoms with van der Waals surface area (Å²) in [4.78, 5) is 49.2. The van der Waals surface area contributed by atoms with Crippen molar-refractivity contribution < 1.29 is 28.8 Å². The van der Waals surface area contributed by atoms with Gasteiger partial charge in [0, 0.05) is 18.3 Å². The van der Waals surface area contributed by atoms with E-state index in [4.69, 9.17) is 9.47 Å². The minimum atomic E-state index is -0.940. The molecular weight excluding hydrogens is 468 g/mol. The topological polar surface area (TPSA) is 131 Å². The van der Waals surface area contributed by atoms with Gasteiger partial charge in [0.25, 0.3) is 11.6 Å². The number of non-ortho nitro benzene ring substituents is 1. The minimum absolute atomic E-state index is 0.0468. The smallest absolute Gasteiger partial charge is 0.408 e. The quantitative estimate of drug-likeness (QED) is 0.353. The third-order valence-electron chi connectivity index (χ3n) is 6.22. The molecule has 0 bridgehead atoms. The monoisotopic (exact) mass is 494 g/mol. The SMILES string of the molecule is COC(=O)C1=CN2C(=O)[C@@H](NC(=O)OCc3ccccc3)[C@H](C(C)C)N2[C@@H]1c1ccc([N+](=O)[O-])cc1. The second-order valence-corrected chi connectivity index (χ2v) is 8.81. The molecule has 2 aliphatic heterocycles. The molecule has 36 heavy (non-hydrogen) atoms. The van der Waals surface area contributed by atoms with E-state index in [0.29, 0.717) is 5.56 Å². The third-order valence-corrected chi connectivity index (χ3v) is 6.22. The molecule has 2 aromatic carbocycles. The molecule has 1 saturated heterocycles. The number of nitrogens with one attached hydrogen (secondary N) is 1. The van der Waals surface area contributed by atoms with Crippen molar-refractivity contribution in [2.24, 2.45) is 5.92 Å². The first kappa shape index (κ1) is 24.9.